The van der Waals surface area contributed by atoms with Crippen LogP contribution in [0.3, 0.4) is 0 Å². The van der Waals surface area contributed by atoms with Gasteiger partial charge in [-0.3, -0.25) is 4.79 Å². The van der Waals surface area contributed by atoms with Gasteiger partial charge in [-0.25, -0.2) is 4.39 Å². The van der Waals surface area contributed by atoms with Crippen LogP contribution in [0.25, 0.3) is 0 Å². The van der Waals surface area contributed by atoms with E-state index in [0.29, 0.717) is 23.0 Å². The number of hydrogen-bond acceptors (Lipinski definition) is 1. The van der Waals surface area contributed by atoms with Crippen LogP contribution in [0, 0.1) is 34.5 Å². The monoisotopic (exact) mass is 292 g/mol. The number of fused-ring (bicyclic) bond motifs is 5. The number of halogens is 1. The number of carbonyl (C=O) groups excluding carboxylic acids is 1. The minimum Gasteiger partial charge on any atom is -0.299 e. The molecule has 118 valence electrons. The van der Waals surface area contributed by atoms with E-state index in [1.54, 1.807) is 0 Å². The summed E-state index contributed by atoms with van der Waals surface area (Å²) < 4.78 is 13.8. The highest BCUT2D eigenvalue weighted by Crippen LogP contribution is 2.65. The fourth-order valence-electron chi connectivity index (χ4n) is 6.98. The molecule has 2 heteroatoms. The molecule has 0 spiro atoms. The summed E-state index contributed by atoms with van der Waals surface area (Å²) in [5.74, 6) is 3.26. The molecule has 4 aliphatic rings. The molecule has 4 rings (SSSR count). The van der Waals surface area contributed by atoms with E-state index >= 15 is 0 Å². The van der Waals surface area contributed by atoms with Crippen molar-refractivity contribution in [3.63, 3.8) is 0 Å². The van der Waals surface area contributed by atoms with Crippen molar-refractivity contribution in [1.29, 1.82) is 0 Å². The summed E-state index contributed by atoms with van der Waals surface area (Å²) >= 11 is 0. The first-order chi connectivity index (χ1) is 9.95. The van der Waals surface area contributed by atoms with Crippen LogP contribution in [-0.4, -0.2) is 12.0 Å². The maximum Gasteiger partial charge on any atom is 0.139 e. The Bertz CT molecular complexity index is 460. The summed E-state index contributed by atoms with van der Waals surface area (Å²) in [5.41, 5.74) is 0.347. The summed E-state index contributed by atoms with van der Waals surface area (Å²) in [6, 6.07) is 0. The Morgan fingerprint density at radius 3 is 2.62 bits per heavy atom. The second-order valence-electron chi connectivity index (χ2n) is 8.95. The van der Waals surface area contributed by atoms with E-state index in [9.17, 15) is 9.18 Å². The average Bonchev–Trinajstić information content (AvgIpc) is 2.76. The topological polar surface area (TPSA) is 17.1 Å². The second-order valence-corrected chi connectivity index (χ2v) is 8.95. The first-order valence-electron chi connectivity index (χ1n) is 9.12. The predicted octanol–water partition coefficient (Wildman–Crippen LogP) is 4.94. The Hall–Kier alpha value is -0.400. The van der Waals surface area contributed by atoms with Crippen LogP contribution < -0.4 is 0 Å². The zero-order valence-corrected chi connectivity index (χ0v) is 13.5. The van der Waals surface area contributed by atoms with Crippen LogP contribution in [0.15, 0.2) is 0 Å². The predicted molar refractivity (Wildman–Crippen MR) is 81.6 cm³/mol. The van der Waals surface area contributed by atoms with E-state index in [4.69, 9.17) is 0 Å². The van der Waals surface area contributed by atoms with Gasteiger partial charge in [0.25, 0.3) is 0 Å². The van der Waals surface area contributed by atoms with Crippen molar-refractivity contribution in [2.45, 2.75) is 77.8 Å². The van der Waals surface area contributed by atoms with Gasteiger partial charge in [0.2, 0.25) is 0 Å². The van der Waals surface area contributed by atoms with E-state index in [2.05, 4.69) is 13.8 Å². The van der Waals surface area contributed by atoms with Crippen LogP contribution >= 0.6 is 0 Å². The fourth-order valence-corrected chi connectivity index (χ4v) is 6.98. The molecule has 1 nitrogen and oxygen atoms in total. The van der Waals surface area contributed by atoms with Gasteiger partial charge in [0.1, 0.15) is 12.0 Å². The van der Waals surface area contributed by atoms with Gasteiger partial charge in [-0.1, -0.05) is 13.8 Å². The molecule has 4 saturated carbocycles. The normalized spacial score (nSPS) is 56.5. The van der Waals surface area contributed by atoms with E-state index in [1.165, 1.54) is 19.3 Å². The van der Waals surface area contributed by atoms with Gasteiger partial charge in [0.05, 0.1) is 0 Å². The lowest BCUT2D eigenvalue weighted by Gasteiger charge is -2.59. The third kappa shape index (κ3) is 1.83. The molecular weight excluding hydrogens is 263 g/mol. The molecule has 0 aromatic carbocycles. The number of carbonyl (C=O) groups is 1. The molecule has 0 heterocycles. The van der Waals surface area contributed by atoms with Gasteiger partial charge in [-0.2, -0.15) is 0 Å². The van der Waals surface area contributed by atoms with Crippen molar-refractivity contribution in [2.75, 3.05) is 0 Å². The number of Topliss-reactive ketones (excluding diaryl/α,β-unsaturated/α-hetero) is 1. The summed E-state index contributed by atoms with van der Waals surface area (Å²) in [5, 5.41) is 0. The maximum atomic E-state index is 13.8. The highest BCUT2D eigenvalue weighted by atomic mass is 19.1. The van der Waals surface area contributed by atoms with Gasteiger partial charge in [0.15, 0.2) is 0 Å². The first kappa shape index (κ1) is 14.2. The standard InChI is InChI=1S/C19H29FO/c1-18-9-7-13(20)11-12(18)3-4-14-15-5-6-17(21)19(15,2)10-8-16(14)18/h12-16H,3-11H2,1-2H3/t12-,13?,14-,15-,16-,18-,19-/m0/s1. The van der Waals surface area contributed by atoms with Gasteiger partial charge < -0.3 is 0 Å². The number of rotatable bonds is 0. The van der Waals surface area contributed by atoms with Crippen LogP contribution in [0.4, 0.5) is 4.39 Å². The van der Waals surface area contributed by atoms with E-state index in [1.807, 2.05) is 0 Å². The molecule has 4 aliphatic carbocycles. The zero-order valence-electron chi connectivity index (χ0n) is 13.5. The summed E-state index contributed by atoms with van der Waals surface area (Å²) in [6.07, 6.45) is 8.83. The number of ketones is 1. The SMILES string of the molecule is C[C@]12CCC(F)C[C@@H]1CC[C@@H]1[C@@H]2CC[C@]2(C)C(=O)CC[C@@H]12. The average molecular weight is 292 g/mol. The smallest absolute Gasteiger partial charge is 0.139 e. The Kier molecular flexibility index (Phi) is 3.08. The lowest BCUT2D eigenvalue weighted by atomic mass is 9.45. The van der Waals surface area contributed by atoms with Crippen molar-refractivity contribution in [1.82, 2.24) is 0 Å². The Morgan fingerprint density at radius 1 is 1.00 bits per heavy atom. The van der Waals surface area contributed by atoms with Crippen molar-refractivity contribution in [3.05, 3.63) is 0 Å². The largest absolute Gasteiger partial charge is 0.299 e. The summed E-state index contributed by atoms with van der Waals surface area (Å²) in [4.78, 5) is 12.4. The van der Waals surface area contributed by atoms with Crippen molar-refractivity contribution in [3.8, 4) is 0 Å². The van der Waals surface area contributed by atoms with Crippen molar-refractivity contribution < 1.29 is 9.18 Å². The fraction of sp³-hybridized carbons (Fsp3) is 0.947. The highest BCUT2D eigenvalue weighted by Gasteiger charge is 2.60. The van der Waals surface area contributed by atoms with E-state index in [-0.39, 0.29) is 5.41 Å². The third-order valence-electron chi connectivity index (χ3n) is 8.31. The minimum atomic E-state index is -0.554. The number of hydrogen-bond donors (Lipinski definition) is 0. The van der Waals surface area contributed by atoms with E-state index < -0.39 is 6.17 Å². The van der Waals surface area contributed by atoms with Crippen LogP contribution in [0.2, 0.25) is 0 Å². The Labute approximate surface area is 128 Å². The summed E-state index contributed by atoms with van der Waals surface area (Å²) in [6.45, 7) is 4.70. The number of alkyl halides is 1. The highest BCUT2D eigenvalue weighted by molar-refractivity contribution is 5.87. The molecule has 0 N–H and O–H groups in total. The van der Waals surface area contributed by atoms with Gasteiger partial charge in [-0.15, -0.1) is 0 Å². The quantitative estimate of drug-likeness (QED) is 0.618. The molecule has 21 heavy (non-hydrogen) atoms. The van der Waals surface area contributed by atoms with Gasteiger partial charge >= 0.3 is 0 Å². The zero-order chi connectivity index (χ0) is 14.8. The van der Waals surface area contributed by atoms with Gasteiger partial charge in [-0.05, 0) is 80.5 Å². The molecule has 0 bridgehead atoms. The first-order valence-corrected chi connectivity index (χ1v) is 9.12. The lowest BCUT2D eigenvalue weighted by molar-refractivity contribution is -0.140. The lowest BCUT2D eigenvalue weighted by Crippen LogP contribution is -2.53. The second kappa shape index (κ2) is 4.55. The molecule has 0 aromatic rings. The third-order valence-corrected chi connectivity index (χ3v) is 8.31. The van der Waals surface area contributed by atoms with Crippen molar-refractivity contribution >= 4 is 5.78 Å². The molecule has 0 saturated heterocycles. The molecule has 0 aliphatic heterocycles. The van der Waals surface area contributed by atoms with Crippen LogP contribution in [-0.2, 0) is 4.79 Å². The van der Waals surface area contributed by atoms with E-state index in [0.717, 1.165) is 50.4 Å². The molecule has 7 atom stereocenters. The Balaban J connectivity index is 1.64. The molecule has 4 fully saturated rings. The molecular formula is C19H29FO. The van der Waals surface area contributed by atoms with Crippen molar-refractivity contribution in [2.24, 2.45) is 34.5 Å². The maximum absolute atomic E-state index is 13.8. The molecule has 1 unspecified atom stereocenters. The molecule has 0 radical (unpaired) electrons. The molecule has 0 aromatic heterocycles. The van der Waals surface area contributed by atoms with Crippen LogP contribution in [0.1, 0.15) is 71.6 Å². The minimum absolute atomic E-state index is 0.0122. The van der Waals surface area contributed by atoms with Gasteiger partial charge in [0, 0.05) is 11.8 Å². The summed E-state index contributed by atoms with van der Waals surface area (Å²) in [7, 11) is 0. The Morgan fingerprint density at radius 2 is 1.81 bits per heavy atom. The van der Waals surface area contributed by atoms with Crippen LogP contribution in [0.5, 0.6) is 0 Å². The molecule has 0 amide bonds.